The molecule has 0 aliphatic rings. The van der Waals surface area contributed by atoms with Crippen molar-refractivity contribution in [2.24, 2.45) is 5.41 Å². The van der Waals surface area contributed by atoms with E-state index in [1.807, 2.05) is 17.5 Å². The van der Waals surface area contributed by atoms with Crippen molar-refractivity contribution < 1.29 is 9.18 Å². The van der Waals surface area contributed by atoms with E-state index in [9.17, 15) is 9.18 Å². The number of nitrogens with one attached hydrogen (secondary N) is 1. The lowest BCUT2D eigenvalue weighted by Gasteiger charge is -2.31. The summed E-state index contributed by atoms with van der Waals surface area (Å²) in [5, 5.41) is 5.09. The molecule has 0 bridgehead atoms. The molecule has 1 unspecified atom stereocenters. The summed E-state index contributed by atoms with van der Waals surface area (Å²) in [6, 6.07) is 7.60. The van der Waals surface area contributed by atoms with E-state index in [1.54, 1.807) is 11.3 Å². The minimum atomic E-state index is -0.456. The number of halogens is 2. The van der Waals surface area contributed by atoms with Crippen LogP contribution in [0.2, 0.25) is 5.02 Å². The number of rotatable bonds is 3. The Labute approximate surface area is 132 Å². The fraction of sp³-hybridized carbons (Fsp3) is 0.312. The third-order valence-corrected chi connectivity index (χ3v) is 4.39. The summed E-state index contributed by atoms with van der Waals surface area (Å²) in [6.07, 6.45) is 0. The number of amides is 1. The van der Waals surface area contributed by atoms with Gasteiger partial charge in [-0.3, -0.25) is 4.79 Å². The van der Waals surface area contributed by atoms with Gasteiger partial charge in [0.1, 0.15) is 5.82 Å². The van der Waals surface area contributed by atoms with Gasteiger partial charge in [0.25, 0.3) is 5.91 Å². The largest absolute Gasteiger partial charge is 0.344 e. The van der Waals surface area contributed by atoms with Crippen LogP contribution in [-0.4, -0.2) is 5.91 Å². The number of thiophene rings is 1. The first-order chi connectivity index (χ1) is 9.79. The van der Waals surface area contributed by atoms with Crippen LogP contribution in [-0.2, 0) is 0 Å². The number of carbonyl (C=O) groups is 1. The standard InChI is InChI=1S/C16H17ClFNOS/c1-16(2,3)14(13-5-4-8-21-13)19-15(20)11-7-6-10(18)9-12(11)17/h4-9,14H,1-3H3,(H,19,20). The Bertz CT molecular complexity index is 634. The van der Waals surface area contributed by atoms with Gasteiger partial charge in [-0.1, -0.05) is 38.4 Å². The Kier molecular flexibility index (Phi) is 4.69. The van der Waals surface area contributed by atoms with E-state index in [1.165, 1.54) is 12.1 Å². The molecule has 1 amide bonds. The average Bonchev–Trinajstić information content (AvgIpc) is 2.87. The maximum absolute atomic E-state index is 13.1. The smallest absolute Gasteiger partial charge is 0.253 e. The molecule has 0 saturated heterocycles. The Hall–Kier alpha value is -1.39. The third-order valence-electron chi connectivity index (χ3n) is 3.14. The highest BCUT2D eigenvalue weighted by Gasteiger charge is 2.29. The van der Waals surface area contributed by atoms with Crippen molar-refractivity contribution in [3.8, 4) is 0 Å². The quantitative estimate of drug-likeness (QED) is 0.839. The van der Waals surface area contributed by atoms with Crippen LogP contribution in [0.1, 0.15) is 42.0 Å². The monoisotopic (exact) mass is 325 g/mol. The van der Waals surface area contributed by atoms with Crippen molar-refractivity contribution in [1.82, 2.24) is 5.32 Å². The third kappa shape index (κ3) is 3.83. The molecule has 0 fully saturated rings. The van der Waals surface area contributed by atoms with Gasteiger partial charge in [0.2, 0.25) is 0 Å². The molecule has 2 rings (SSSR count). The summed E-state index contributed by atoms with van der Waals surface area (Å²) in [5.74, 6) is -0.754. The van der Waals surface area contributed by atoms with Crippen LogP contribution in [0.4, 0.5) is 4.39 Å². The molecule has 0 aliphatic carbocycles. The second kappa shape index (κ2) is 6.16. The molecule has 1 heterocycles. The molecular weight excluding hydrogens is 309 g/mol. The van der Waals surface area contributed by atoms with Gasteiger partial charge in [-0.2, -0.15) is 0 Å². The summed E-state index contributed by atoms with van der Waals surface area (Å²) in [4.78, 5) is 13.5. The highest BCUT2D eigenvalue weighted by Crippen LogP contribution is 2.35. The van der Waals surface area contributed by atoms with E-state index in [2.05, 4.69) is 26.1 Å². The number of hydrogen-bond acceptors (Lipinski definition) is 2. The molecule has 1 N–H and O–H groups in total. The first kappa shape index (κ1) is 16.0. The summed E-state index contributed by atoms with van der Waals surface area (Å²) in [7, 11) is 0. The molecule has 0 radical (unpaired) electrons. The van der Waals surface area contributed by atoms with E-state index < -0.39 is 5.82 Å². The molecule has 1 atom stereocenters. The van der Waals surface area contributed by atoms with E-state index in [4.69, 9.17) is 11.6 Å². The Morgan fingerprint density at radius 3 is 2.57 bits per heavy atom. The molecule has 2 nitrogen and oxygen atoms in total. The Balaban J connectivity index is 2.27. The van der Waals surface area contributed by atoms with Crippen LogP contribution in [0.25, 0.3) is 0 Å². The molecule has 0 aliphatic heterocycles. The van der Waals surface area contributed by atoms with Gasteiger partial charge in [0.15, 0.2) is 0 Å². The number of hydrogen-bond donors (Lipinski definition) is 1. The summed E-state index contributed by atoms with van der Waals surface area (Å²) < 4.78 is 13.1. The molecule has 21 heavy (non-hydrogen) atoms. The van der Waals surface area contributed by atoms with Crippen LogP contribution in [0.3, 0.4) is 0 Å². The van der Waals surface area contributed by atoms with Gasteiger partial charge in [-0.25, -0.2) is 4.39 Å². The Morgan fingerprint density at radius 1 is 1.33 bits per heavy atom. The van der Waals surface area contributed by atoms with Gasteiger partial charge in [-0.15, -0.1) is 11.3 Å². The highest BCUT2D eigenvalue weighted by atomic mass is 35.5. The Morgan fingerprint density at radius 2 is 2.05 bits per heavy atom. The van der Waals surface area contributed by atoms with Crippen molar-refractivity contribution >= 4 is 28.8 Å². The van der Waals surface area contributed by atoms with Crippen molar-refractivity contribution in [2.45, 2.75) is 26.8 Å². The van der Waals surface area contributed by atoms with Gasteiger partial charge in [-0.05, 0) is 35.1 Å². The van der Waals surface area contributed by atoms with Crippen LogP contribution >= 0.6 is 22.9 Å². The topological polar surface area (TPSA) is 29.1 Å². The number of carbonyl (C=O) groups excluding carboxylic acids is 1. The maximum atomic E-state index is 13.1. The zero-order valence-corrected chi connectivity index (χ0v) is 13.7. The minimum Gasteiger partial charge on any atom is -0.344 e. The molecule has 112 valence electrons. The van der Waals surface area contributed by atoms with Crippen LogP contribution < -0.4 is 5.32 Å². The average molecular weight is 326 g/mol. The zero-order valence-electron chi connectivity index (χ0n) is 12.1. The first-order valence-corrected chi connectivity index (χ1v) is 7.84. The van der Waals surface area contributed by atoms with Crippen LogP contribution in [0, 0.1) is 11.2 Å². The fourth-order valence-electron chi connectivity index (χ4n) is 2.05. The lowest BCUT2D eigenvalue weighted by atomic mass is 9.85. The van der Waals surface area contributed by atoms with Gasteiger partial charge in [0.05, 0.1) is 16.6 Å². The predicted molar refractivity (Wildman–Crippen MR) is 85.4 cm³/mol. The fourth-order valence-corrected chi connectivity index (χ4v) is 3.33. The molecule has 5 heteroatoms. The van der Waals surface area contributed by atoms with E-state index >= 15 is 0 Å². The first-order valence-electron chi connectivity index (χ1n) is 6.58. The molecule has 2 aromatic rings. The minimum absolute atomic E-state index is 0.117. The van der Waals surface area contributed by atoms with Gasteiger partial charge >= 0.3 is 0 Å². The lowest BCUT2D eigenvalue weighted by Crippen LogP contribution is -2.36. The molecular formula is C16H17ClFNOS. The second-order valence-electron chi connectivity index (χ2n) is 5.91. The highest BCUT2D eigenvalue weighted by molar-refractivity contribution is 7.10. The van der Waals surface area contributed by atoms with E-state index in [-0.39, 0.29) is 28.0 Å². The molecule has 0 saturated carbocycles. The van der Waals surface area contributed by atoms with Gasteiger partial charge < -0.3 is 5.32 Å². The summed E-state index contributed by atoms with van der Waals surface area (Å²) in [6.45, 7) is 6.18. The van der Waals surface area contributed by atoms with Crippen molar-refractivity contribution in [3.05, 3.63) is 57.0 Å². The van der Waals surface area contributed by atoms with Crippen LogP contribution in [0.15, 0.2) is 35.7 Å². The lowest BCUT2D eigenvalue weighted by molar-refractivity contribution is 0.0903. The normalized spacial score (nSPS) is 13.0. The van der Waals surface area contributed by atoms with E-state index in [0.717, 1.165) is 10.9 Å². The van der Waals surface area contributed by atoms with Crippen molar-refractivity contribution in [3.63, 3.8) is 0 Å². The maximum Gasteiger partial charge on any atom is 0.253 e. The van der Waals surface area contributed by atoms with Crippen LogP contribution in [0.5, 0.6) is 0 Å². The second-order valence-corrected chi connectivity index (χ2v) is 7.30. The molecule has 0 spiro atoms. The molecule has 1 aromatic heterocycles. The predicted octanol–water partition coefficient (Wildman–Crippen LogP) is 5.06. The van der Waals surface area contributed by atoms with Crippen molar-refractivity contribution in [2.75, 3.05) is 0 Å². The van der Waals surface area contributed by atoms with Crippen molar-refractivity contribution in [1.29, 1.82) is 0 Å². The van der Waals surface area contributed by atoms with Gasteiger partial charge in [0, 0.05) is 4.88 Å². The summed E-state index contributed by atoms with van der Waals surface area (Å²) >= 11 is 7.54. The van der Waals surface area contributed by atoms with E-state index in [0.29, 0.717) is 0 Å². The molecule has 1 aromatic carbocycles. The SMILES string of the molecule is CC(C)(C)C(NC(=O)c1ccc(F)cc1Cl)c1cccs1. The number of benzene rings is 1. The summed E-state index contributed by atoms with van der Waals surface area (Å²) in [5.41, 5.74) is 0.136. The zero-order chi connectivity index (χ0) is 15.6.